The van der Waals surface area contributed by atoms with Crippen LogP contribution in [0.15, 0.2) is 18.3 Å². The number of nitrogens with zero attached hydrogens (tertiary/aromatic N) is 2. The molecule has 1 fully saturated rings. The Balaban J connectivity index is 2.18. The predicted octanol–water partition coefficient (Wildman–Crippen LogP) is 1.96. The number of hydrogen-bond acceptors (Lipinski definition) is 4. The number of aliphatic carboxylic acids is 1. The van der Waals surface area contributed by atoms with E-state index in [1.807, 2.05) is 0 Å². The summed E-state index contributed by atoms with van der Waals surface area (Å²) >= 11 is 0. The van der Waals surface area contributed by atoms with Crippen LogP contribution < -0.4 is 4.74 Å². The average molecular weight is 332 g/mol. The first kappa shape index (κ1) is 17.0. The Morgan fingerprint density at radius 3 is 2.74 bits per heavy atom. The molecule has 2 atom stereocenters. The van der Waals surface area contributed by atoms with Gasteiger partial charge in [0.15, 0.2) is 6.61 Å². The lowest BCUT2D eigenvalue weighted by Gasteiger charge is -2.24. The highest BCUT2D eigenvalue weighted by Crippen LogP contribution is 2.28. The minimum atomic E-state index is -4.55. The molecular formula is C14H15F3N2O4. The summed E-state index contributed by atoms with van der Waals surface area (Å²) < 4.78 is 41.4. The summed E-state index contributed by atoms with van der Waals surface area (Å²) in [4.78, 5) is 28.6. The summed E-state index contributed by atoms with van der Waals surface area (Å²) in [5, 5.41) is 9.08. The van der Waals surface area contributed by atoms with Gasteiger partial charge in [-0.05, 0) is 25.5 Å². The maximum Gasteiger partial charge on any atom is 0.422 e. The number of carboxylic acid groups (broad SMARTS) is 1. The molecule has 126 valence electrons. The summed E-state index contributed by atoms with van der Waals surface area (Å²) in [6.45, 7) is 0.248. The molecule has 0 saturated carbocycles. The van der Waals surface area contributed by atoms with Crippen molar-refractivity contribution < 1.29 is 32.6 Å². The number of pyridine rings is 1. The van der Waals surface area contributed by atoms with Gasteiger partial charge in [0, 0.05) is 18.8 Å². The normalized spacial score (nSPS) is 21.3. The first-order valence-electron chi connectivity index (χ1n) is 6.89. The highest BCUT2D eigenvalue weighted by atomic mass is 19.4. The zero-order valence-corrected chi connectivity index (χ0v) is 12.2. The van der Waals surface area contributed by atoms with Crippen LogP contribution in [0.3, 0.4) is 0 Å². The molecule has 1 aliphatic rings. The Bertz CT molecular complexity index is 606. The van der Waals surface area contributed by atoms with Crippen molar-refractivity contribution >= 4 is 11.9 Å². The lowest BCUT2D eigenvalue weighted by molar-refractivity contribution is -0.154. The largest absolute Gasteiger partial charge is 0.481 e. The van der Waals surface area contributed by atoms with Gasteiger partial charge in [-0.2, -0.15) is 13.2 Å². The number of alkyl halides is 3. The fraction of sp³-hybridized carbons (Fsp3) is 0.500. The molecule has 2 rings (SSSR count). The fourth-order valence-electron chi connectivity index (χ4n) is 2.53. The molecule has 1 aromatic heterocycles. The number of hydrogen-bond donors (Lipinski definition) is 1. The predicted molar refractivity (Wildman–Crippen MR) is 72.0 cm³/mol. The minimum Gasteiger partial charge on any atom is -0.481 e. The van der Waals surface area contributed by atoms with Crippen molar-refractivity contribution in [2.75, 3.05) is 13.2 Å². The number of ether oxygens (including phenoxy) is 1. The van der Waals surface area contributed by atoms with Crippen LogP contribution in [0.5, 0.6) is 5.88 Å². The number of carbonyl (C=O) groups excluding carboxylic acids is 1. The van der Waals surface area contributed by atoms with E-state index in [1.165, 1.54) is 23.2 Å². The Morgan fingerprint density at radius 1 is 1.48 bits per heavy atom. The molecule has 0 spiro atoms. The molecule has 1 N–H and O–H groups in total. The molecule has 0 radical (unpaired) electrons. The fourth-order valence-corrected chi connectivity index (χ4v) is 2.53. The van der Waals surface area contributed by atoms with Gasteiger partial charge in [0.05, 0.1) is 5.92 Å². The molecule has 1 aromatic rings. The van der Waals surface area contributed by atoms with E-state index in [2.05, 4.69) is 9.72 Å². The van der Waals surface area contributed by atoms with E-state index in [0.717, 1.165) is 0 Å². The van der Waals surface area contributed by atoms with Crippen LogP contribution >= 0.6 is 0 Å². The molecule has 0 aliphatic carbocycles. The molecule has 2 unspecified atom stereocenters. The molecule has 0 aromatic carbocycles. The summed E-state index contributed by atoms with van der Waals surface area (Å²) in [6, 6.07) is 2.15. The number of aromatic nitrogens is 1. The first-order chi connectivity index (χ1) is 10.7. The SMILES string of the molecule is CC1C(C(=O)O)CCN1C(=O)c1cccnc1OCC(F)(F)F. The Kier molecular flexibility index (Phi) is 4.76. The van der Waals surface area contributed by atoms with Gasteiger partial charge in [-0.3, -0.25) is 9.59 Å². The van der Waals surface area contributed by atoms with Gasteiger partial charge in [0.25, 0.3) is 5.91 Å². The van der Waals surface area contributed by atoms with Crippen molar-refractivity contribution in [1.29, 1.82) is 0 Å². The van der Waals surface area contributed by atoms with E-state index in [4.69, 9.17) is 5.11 Å². The maximum atomic E-state index is 12.5. The second-order valence-electron chi connectivity index (χ2n) is 5.23. The van der Waals surface area contributed by atoms with E-state index in [0.29, 0.717) is 6.42 Å². The highest BCUT2D eigenvalue weighted by molar-refractivity contribution is 5.97. The summed E-state index contributed by atoms with van der Waals surface area (Å²) in [6.07, 6.45) is -3.04. The van der Waals surface area contributed by atoms with E-state index in [9.17, 15) is 22.8 Å². The summed E-state index contributed by atoms with van der Waals surface area (Å²) in [5.41, 5.74) is -0.116. The molecule has 9 heteroatoms. The average Bonchev–Trinajstić information content (AvgIpc) is 2.86. The molecule has 0 bridgehead atoms. The number of halogens is 3. The van der Waals surface area contributed by atoms with Crippen molar-refractivity contribution in [3.8, 4) is 5.88 Å². The maximum absolute atomic E-state index is 12.5. The molecular weight excluding hydrogens is 317 g/mol. The minimum absolute atomic E-state index is 0.116. The first-order valence-corrected chi connectivity index (χ1v) is 6.89. The van der Waals surface area contributed by atoms with Crippen LogP contribution in [0.4, 0.5) is 13.2 Å². The van der Waals surface area contributed by atoms with Crippen LogP contribution in [-0.2, 0) is 4.79 Å². The second-order valence-corrected chi connectivity index (χ2v) is 5.23. The molecule has 23 heavy (non-hydrogen) atoms. The van der Waals surface area contributed by atoms with E-state index in [-0.39, 0.29) is 12.1 Å². The molecule has 1 saturated heterocycles. The lowest BCUT2D eigenvalue weighted by atomic mass is 10.0. The van der Waals surface area contributed by atoms with Crippen molar-refractivity contribution in [2.45, 2.75) is 25.6 Å². The smallest absolute Gasteiger partial charge is 0.422 e. The lowest BCUT2D eigenvalue weighted by Crippen LogP contribution is -2.38. The van der Waals surface area contributed by atoms with Crippen molar-refractivity contribution in [3.05, 3.63) is 23.9 Å². The monoisotopic (exact) mass is 332 g/mol. The third-order valence-electron chi connectivity index (χ3n) is 3.71. The summed E-state index contributed by atoms with van der Waals surface area (Å²) in [5.74, 6) is -2.71. The Morgan fingerprint density at radius 2 is 2.17 bits per heavy atom. The topological polar surface area (TPSA) is 79.7 Å². The molecule has 1 amide bonds. The number of carbonyl (C=O) groups is 2. The van der Waals surface area contributed by atoms with Gasteiger partial charge < -0.3 is 14.7 Å². The van der Waals surface area contributed by atoms with Crippen molar-refractivity contribution in [1.82, 2.24) is 9.88 Å². The highest BCUT2D eigenvalue weighted by Gasteiger charge is 2.39. The third-order valence-corrected chi connectivity index (χ3v) is 3.71. The number of rotatable bonds is 4. The van der Waals surface area contributed by atoms with Crippen LogP contribution in [0.25, 0.3) is 0 Å². The summed E-state index contributed by atoms with van der Waals surface area (Å²) in [7, 11) is 0. The zero-order chi connectivity index (χ0) is 17.2. The van der Waals surface area contributed by atoms with Crippen molar-refractivity contribution in [2.24, 2.45) is 5.92 Å². The van der Waals surface area contributed by atoms with Crippen LogP contribution in [0.2, 0.25) is 0 Å². The van der Waals surface area contributed by atoms with Gasteiger partial charge in [0.1, 0.15) is 5.56 Å². The van der Waals surface area contributed by atoms with E-state index in [1.54, 1.807) is 6.92 Å². The molecule has 2 heterocycles. The quantitative estimate of drug-likeness (QED) is 0.912. The second kappa shape index (κ2) is 6.43. The Labute approximate surface area is 129 Å². The van der Waals surface area contributed by atoms with Crippen LogP contribution in [-0.4, -0.2) is 52.2 Å². The van der Waals surface area contributed by atoms with Crippen LogP contribution in [0, 0.1) is 5.92 Å². The van der Waals surface area contributed by atoms with Crippen LogP contribution in [0.1, 0.15) is 23.7 Å². The van der Waals surface area contributed by atoms with Gasteiger partial charge in [-0.25, -0.2) is 4.98 Å². The van der Waals surface area contributed by atoms with Gasteiger partial charge in [-0.1, -0.05) is 0 Å². The van der Waals surface area contributed by atoms with Crippen molar-refractivity contribution in [3.63, 3.8) is 0 Å². The Hall–Kier alpha value is -2.32. The number of likely N-dealkylation sites (tertiary alicyclic amines) is 1. The van der Waals surface area contributed by atoms with Gasteiger partial charge in [-0.15, -0.1) is 0 Å². The number of amides is 1. The molecule has 6 nitrogen and oxygen atoms in total. The van der Waals surface area contributed by atoms with Gasteiger partial charge >= 0.3 is 12.1 Å². The third kappa shape index (κ3) is 3.91. The standard InChI is InChI=1S/C14H15F3N2O4/c1-8-9(13(21)22)4-6-19(8)12(20)10-3-2-5-18-11(10)23-7-14(15,16)17/h2-3,5,8-9H,4,6-7H2,1H3,(H,21,22). The van der Waals surface area contributed by atoms with E-state index < -0.39 is 42.5 Å². The van der Waals surface area contributed by atoms with E-state index >= 15 is 0 Å². The number of carboxylic acids is 1. The van der Waals surface area contributed by atoms with Gasteiger partial charge in [0.2, 0.25) is 5.88 Å². The molecule has 1 aliphatic heterocycles. The zero-order valence-electron chi connectivity index (χ0n) is 12.2.